The standard InChI is InChI=1S/C14H15F3N2O/c1-9(19-8-14(15,16)17)12-7-18-13(20-2)11-6-4-3-5-10(11)12/h3-7,9,19H,8H2,1-2H3. The number of aromatic nitrogens is 1. The van der Waals surface area contributed by atoms with Gasteiger partial charge in [0.2, 0.25) is 5.88 Å². The van der Waals surface area contributed by atoms with E-state index in [1.165, 1.54) is 7.11 Å². The van der Waals surface area contributed by atoms with Gasteiger partial charge in [0.05, 0.1) is 13.7 Å². The maximum Gasteiger partial charge on any atom is 0.401 e. The van der Waals surface area contributed by atoms with Gasteiger partial charge in [0.25, 0.3) is 0 Å². The van der Waals surface area contributed by atoms with Gasteiger partial charge >= 0.3 is 6.18 Å². The van der Waals surface area contributed by atoms with Gasteiger partial charge in [-0.05, 0) is 23.9 Å². The molecule has 3 nitrogen and oxygen atoms in total. The minimum atomic E-state index is -4.23. The van der Waals surface area contributed by atoms with Crippen molar-refractivity contribution in [3.8, 4) is 5.88 Å². The Morgan fingerprint density at radius 2 is 1.90 bits per heavy atom. The van der Waals surface area contributed by atoms with E-state index in [2.05, 4.69) is 10.3 Å². The smallest absolute Gasteiger partial charge is 0.401 e. The zero-order valence-electron chi connectivity index (χ0n) is 11.2. The first-order valence-corrected chi connectivity index (χ1v) is 6.14. The van der Waals surface area contributed by atoms with Crippen LogP contribution in [0.2, 0.25) is 0 Å². The number of halogens is 3. The van der Waals surface area contributed by atoms with Crippen LogP contribution in [-0.4, -0.2) is 24.8 Å². The van der Waals surface area contributed by atoms with E-state index in [0.29, 0.717) is 11.4 Å². The van der Waals surface area contributed by atoms with Crippen molar-refractivity contribution in [2.75, 3.05) is 13.7 Å². The highest BCUT2D eigenvalue weighted by Crippen LogP contribution is 2.29. The lowest BCUT2D eigenvalue weighted by Crippen LogP contribution is -2.31. The molecule has 1 N–H and O–H groups in total. The van der Waals surface area contributed by atoms with E-state index in [-0.39, 0.29) is 0 Å². The van der Waals surface area contributed by atoms with Gasteiger partial charge in [0.15, 0.2) is 0 Å². The predicted molar refractivity (Wildman–Crippen MR) is 70.8 cm³/mol. The SMILES string of the molecule is COc1ncc(C(C)NCC(F)(F)F)c2ccccc12. The predicted octanol–water partition coefficient (Wildman–Crippen LogP) is 3.46. The summed E-state index contributed by atoms with van der Waals surface area (Å²) >= 11 is 0. The van der Waals surface area contributed by atoms with Gasteiger partial charge < -0.3 is 10.1 Å². The van der Waals surface area contributed by atoms with Crippen LogP contribution in [-0.2, 0) is 0 Å². The lowest BCUT2D eigenvalue weighted by atomic mass is 10.0. The van der Waals surface area contributed by atoms with Gasteiger partial charge in [-0.15, -0.1) is 0 Å². The fourth-order valence-electron chi connectivity index (χ4n) is 2.08. The summed E-state index contributed by atoms with van der Waals surface area (Å²) in [4.78, 5) is 4.15. The zero-order chi connectivity index (χ0) is 14.8. The van der Waals surface area contributed by atoms with Crippen LogP contribution < -0.4 is 10.1 Å². The van der Waals surface area contributed by atoms with Crippen LogP contribution in [0.5, 0.6) is 5.88 Å². The molecular weight excluding hydrogens is 269 g/mol. The van der Waals surface area contributed by atoms with Crippen molar-refractivity contribution in [3.63, 3.8) is 0 Å². The second kappa shape index (κ2) is 5.66. The van der Waals surface area contributed by atoms with Gasteiger partial charge in [-0.2, -0.15) is 13.2 Å². The molecule has 0 fully saturated rings. The molecule has 0 aliphatic rings. The van der Waals surface area contributed by atoms with Crippen LogP contribution in [0.15, 0.2) is 30.5 Å². The Morgan fingerprint density at radius 3 is 2.50 bits per heavy atom. The van der Waals surface area contributed by atoms with E-state index in [0.717, 1.165) is 10.8 Å². The number of hydrogen-bond acceptors (Lipinski definition) is 3. The lowest BCUT2D eigenvalue weighted by molar-refractivity contribution is -0.126. The van der Waals surface area contributed by atoms with Gasteiger partial charge in [-0.3, -0.25) is 0 Å². The summed E-state index contributed by atoms with van der Waals surface area (Å²) in [5, 5.41) is 4.08. The Bertz CT molecular complexity index is 598. The zero-order valence-corrected chi connectivity index (χ0v) is 11.2. The Hall–Kier alpha value is -1.82. The molecule has 0 radical (unpaired) electrons. The van der Waals surface area contributed by atoms with Crippen molar-refractivity contribution in [1.82, 2.24) is 10.3 Å². The molecule has 0 spiro atoms. The second-order valence-corrected chi connectivity index (χ2v) is 4.49. The summed E-state index contributed by atoms with van der Waals surface area (Å²) in [5.41, 5.74) is 0.714. The second-order valence-electron chi connectivity index (χ2n) is 4.49. The Kier molecular flexibility index (Phi) is 4.13. The number of pyridine rings is 1. The van der Waals surface area contributed by atoms with Gasteiger partial charge in [-0.1, -0.05) is 18.2 Å². The Labute approximate surface area is 114 Å². The molecule has 0 saturated heterocycles. The fraction of sp³-hybridized carbons (Fsp3) is 0.357. The summed E-state index contributed by atoms with van der Waals surface area (Å²) in [6.07, 6.45) is -2.68. The summed E-state index contributed by atoms with van der Waals surface area (Å²) in [7, 11) is 1.51. The van der Waals surface area contributed by atoms with Crippen molar-refractivity contribution >= 4 is 10.8 Å². The van der Waals surface area contributed by atoms with E-state index in [4.69, 9.17) is 4.74 Å². The fourth-order valence-corrected chi connectivity index (χ4v) is 2.08. The molecule has 20 heavy (non-hydrogen) atoms. The first-order valence-electron chi connectivity index (χ1n) is 6.14. The quantitative estimate of drug-likeness (QED) is 0.933. The molecule has 0 bridgehead atoms. The number of ether oxygens (including phenoxy) is 1. The van der Waals surface area contributed by atoms with Crippen molar-refractivity contribution in [3.05, 3.63) is 36.0 Å². The molecule has 1 heterocycles. The van der Waals surface area contributed by atoms with E-state index in [9.17, 15) is 13.2 Å². The first-order chi connectivity index (χ1) is 9.42. The van der Waals surface area contributed by atoms with E-state index in [1.54, 1.807) is 13.1 Å². The Morgan fingerprint density at radius 1 is 1.25 bits per heavy atom. The number of fused-ring (bicyclic) bond motifs is 1. The third-order valence-electron chi connectivity index (χ3n) is 3.06. The molecule has 108 valence electrons. The number of nitrogens with one attached hydrogen (secondary N) is 1. The number of rotatable bonds is 4. The van der Waals surface area contributed by atoms with Crippen molar-refractivity contribution in [2.24, 2.45) is 0 Å². The molecule has 2 rings (SSSR count). The molecule has 6 heteroatoms. The molecule has 0 saturated carbocycles. The summed E-state index contributed by atoms with van der Waals surface area (Å²) < 4.78 is 42.0. The number of nitrogens with zero attached hydrogens (tertiary/aromatic N) is 1. The van der Waals surface area contributed by atoms with Crippen molar-refractivity contribution < 1.29 is 17.9 Å². The van der Waals surface area contributed by atoms with Gasteiger partial charge in [-0.25, -0.2) is 4.98 Å². The van der Waals surface area contributed by atoms with Crippen molar-refractivity contribution in [2.45, 2.75) is 19.1 Å². The molecular formula is C14H15F3N2O. The molecule has 1 aromatic carbocycles. The third kappa shape index (κ3) is 3.19. The number of benzene rings is 1. The highest BCUT2D eigenvalue weighted by Gasteiger charge is 2.27. The maximum absolute atomic E-state index is 12.3. The monoisotopic (exact) mass is 284 g/mol. The largest absolute Gasteiger partial charge is 0.481 e. The lowest BCUT2D eigenvalue weighted by Gasteiger charge is -2.18. The molecule has 1 unspecified atom stereocenters. The minimum absolute atomic E-state index is 0.458. The average molecular weight is 284 g/mol. The molecule has 0 amide bonds. The highest BCUT2D eigenvalue weighted by molar-refractivity contribution is 5.89. The van der Waals surface area contributed by atoms with Crippen molar-refractivity contribution in [1.29, 1.82) is 0 Å². The van der Waals surface area contributed by atoms with Crippen LogP contribution >= 0.6 is 0 Å². The van der Waals surface area contributed by atoms with Gasteiger partial charge in [0, 0.05) is 17.6 Å². The normalized spacial score (nSPS) is 13.4. The third-order valence-corrected chi connectivity index (χ3v) is 3.06. The molecule has 1 atom stereocenters. The number of methoxy groups -OCH3 is 1. The summed E-state index contributed by atoms with van der Waals surface area (Å²) in [5.74, 6) is 0.465. The number of alkyl halides is 3. The van der Waals surface area contributed by atoms with Crippen LogP contribution in [0.4, 0.5) is 13.2 Å². The van der Waals surface area contributed by atoms with Gasteiger partial charge in [0.1, 0.15) is 0 Å². The topological polar surface area (TPSA) is 34.1 Å². The minimum Gasteiger partial charge on any atom is -0.481 e. The first kappa shape index (κ1) is 14.6. The molecule has 2 aromatic rings. The van der Waals surface area contributed by atoms with E-state index >= 15 is 0 Å². The van der Waals surface area contributed by atoms with Crippen LogP contribution in [0.1, 0.15) is 18.5 Å². The maximum atomic E-state index is 12.3. The highest BCUT2D eigenvalue weighted by atomic mass is 19.4. The van der Waals surface area contributed by atoms with E-state index in [1.807, 2.05) is 24.3 Å². The van der Waals surface area contributed by atoms with Crippen LogP contribution in [0.3, 0.4) is 0 Å². The van der Waals surface area contributed by atoms with Crippen LogP contribution in [0, 0.1) is 0 Å². The number of hydrogen-bond donors (Lipinski definition) is 1. The summed E-state index contributed by atoms with van der Waals surface area (Å²) in [6.45, 7) is 0.649. The summed E-state index contributed by atoms with van der Waals surface area (Å²) in [6, 6.07) is 6.90. The Balaban J connectivity index is 2.35. The average Bonchev–Trinajstić information content (AvgIpc) is 2.42. The molecule has 0 aliphatic carbocycles. The van der Waals surface area contributed by atoms with Crippen LogP contribution in [0.25, 0.3) is 10.8 Å². The van der Waals surface area contributed by atoms with E-state index < -0.39 is 18.8 Å². The molecule has 0 aliphatic heterocycles. The molecule has 1 aromatic heterocycles.